The van der Waals surface area contributed by atoms with Crippen LogP contribution in [0.2, 0.25) is 0 Å². The van der Waals surface area contributed by atoms with Gasteiger partial charge < -0.3 is 14.9 Å². The Balaban J connectivity index is 2.13. The molecule has 0 saturated carbocycles. The molecule has 4 heteroatoms. The Bertz CT molecular complexity index is 266. The molecule has 1 aliphatic rings. The van der Waals surface area contributed by atoms with E-state index < -0.39 is 0 Å². The maximum Gasteiger partial charge on any atom is 0.181 e. The van der Waals surface area contributed by atoms with E-state index in [1.807, 2.05) is 0 Å². The summed E-state index contributed by atoms with van der Waals surface area (Å²) < 4.78 is 10.7. The topological polar surface area (TPSA) is 61.3 Å². The Morgan fingerprint density at radius 2 is 2.54 bits per heavy atom. The first-order valence-electron chi connectivity index (χ1n) is 4.62. The van der Waals surface area contributed by atoms with Gasteiger partial charge in [0.1, 0.15) is 5.76 Å². The number of rotatable bonds is 2. The second kappa shape index (κ2) is 3.89. The summed E-state index contributed by atoms with van der Waals surface area (Å²) in [6.07, 6.45) is 3.67. The molecule has 1 atom stereocenters. The Hall–Kier alpha value is -0.870. The van der Waals surface area contributed by atoms with Crippen molar-refractivity contribution >= 4 is 0 Å². The van der Waals surface area contributed by atoms with Gasteiger partial charge >= 0.3 is 0 Å². The molecule has 1 aliphatic heterocycles. The van der Waals surface area contributed by atoms with E-state index in [0.29, 0.717) is 12.5 Å². The largest absolute Gasteiger partial charge is 0.448 e. The average molecular weight is 182 g/mol. The van der Waals surface area contributed by atoms with E-state index in [9.17, 15) is 0 Å². The average Bonchev–Trinajstić information content (AvgIpc) is 2.67. The van der Waals surface area contributed by atoms with Crippen LogP contribution in [0.25, 0.3) is 0 Å². The van der Waals surface area contributed by atoms with Crippen molar-refractivity contribution in [2.75, 3.05) is 13.2 Å². The summed E-state index contributed by atoms with van der Waals surface area (Å²) in [7, 11) is 0. The number of nitrogens with zero attached hydrogens (tertiary/aromatic N) is 1. The quantitative estimate of drug-likeness (QED) is 0.742. The first kappa shape index (κ1) is 8.72. The minimum Gasteiger partial charge on any atom is -0.448 e. The molecule has 2 rings (SSSR count). The molecule has 0 amide bonds. The summed E-state index contributed by atoms with van der Waals surface area (Å²) in [6.45, 7) is 2.05. The normalized spacial score (nSPS) is 23.3. The standard InChI is InChI=1S/C9H14N2O2/c10-4-8-9(13-6-11-8)7-2-1-3-12-5-7/h6-7H,1-5,10H2. The van der Waals surface area contributed by atoms with Gasteiger partial charge in [0, 0.05) is 19.1 Å². The van der Waals surface area contributed by atoms with Crippen LogP contribution in [-0.2, 0) is 11.3 Å². The molecule has 13 heavy (non-hydrogen) atoms. The highest BCUT2D eigenvalue weighted by Gasteiger charge is 2.22. The molecule has 1 fully saturated rings. The van der Waals surface area contributed by atoms with E-state index in [2.05, 4.69) is 4.98 Å². The molecule has 0 radical (unpaired) electrons. The lowest BCUT2D eigenvalue weighted by atomic mass is 9.98. The molecular formula is C9H14N2O2. The molecule has 1 saturated heterocycles. The lowest BCUT2D eigenvalue weighted by Crippen LogP contribution is -2.17. The Morgan fingerprint density at radius 1 is 1.62 bits per heavy atom. The summed E-state index contributed by atoms with van der Waals surface area (Å²) in [6, 6.07) is 0. The molecule has 1 aromatic rings. The minimum absolute atomic E-state index is 0.356. The molecule has 0 spiro atoms. The van der Waals surface area contributed by atoms with E-state index in [0.717, 1.165) is 37.5 Å². The Labute approximate surface area is 77.1 Å². The van der Waals surface area contributed by atoms with Crippen LogP contribution < -0.4 is 5.73 Å². The number of nitrogens with two attached hydrogens (primary N) is 1. The molecule has 0 aromatic carbocycles. The van der Waals surface area contributed by atoms with Crippen LogP contribution in [0, 0.1) is 0 Å². The van der Waals surface area contributed by atoms with Gasteiger partial charge in [-0.3, -0.25) is 0 Å². The molecule has 1 aromatic heterocycles. The fourth-order valence-electron chi connectivity index (χ4n) is 1.71. The van der Waals surface area contributed by atoms with Gasteiger partial charge in [-0.15, -0.1) is 0 Å². The smallest absolute Gasteiger partial charge is 0.181 e. The summed E-state index contributed by atoms with van der Waals surface area (Å²) >= 11 is 0. The second-order valence-corrected chi connectivity index (χ2v) is 3.28. The van der Waals surface area contributed by atoms with Crippen molar-refractivity contribution in [2.45, 2.75) is 25.3 Å². The molecule has 2 heterocycles. The lowest BCUT2D eigenvalue weighted by Gasteiger charge is -2.20. The van der Waals surface area contributed by atoms with Gasteiger partial charge in [0.2, 0.25) is 0 Å². The summed E-state index contributed by atoms with van der Waals surface area (Å²) in [5, 5.41) is 0. The fraction of sp³-hybridized carbons (Fsp3) is 0.667. The predicted octanol–water partition coefficient (Wildman–Crippen LogP) is 1.03. The van der Waals surface area contributed by atoms with Crippen LogP contribution in [0.1, 0.15) is 30.2 Å². The van der Waals surface area contributed by atoms with Crippen molar-refractivity contribution in [2.24, 2.45) is 5.73 Å². The third-order valence-corrected chi connectivity index (χ3v) is 2.40. The molecule has 0 aliphatic carbocycles. The van der Waals surface area contributed by atoms with Gasteiger partial charge in [-0.1, -0.05) is 0 Å². The number of hydrogen-bond acceptors (Lipinski definition) is 4. The van der Waals surface area contributed by atoms with Crippen LogP contribution in [0.3, 0.4) is 0 Å². The highest BCUT2D eigenvalue weighted by atomic mass is 16.5. The first-order valence-corrected chi connectivity index (χ1v) is 4.62. The van der Waals surface area contributed by atoms with Crippen molar-refractivity contribution in [3.8, 4) is 0 Å². The van der Waals surface area contributed by atoms with E-state index >= 15 is 0 Å². The molecule has 0 bridgehead atoms. The predicted molar refractivity (Wildman–Crippen MR) is 47.2 cm³/mol. The van der Waals surface area contributed by atoms with Crippen molar-refractivity contribution in [3.63, 3.8) is 0 Å². The monoisotopic (exact) mass is 182 g/mol. The van der Waals surface area contributed by atoms with E-state index in [1.165, 1.54) is 6.39 Å². The third kappa shape index (κ3) is 1.73. The zero-order valence-corrected chi connectivity index (χ0v) is 7.53. The van der Waals surface area contributed by atoms with Crippen molar-refractivity contribution in [1.82, 2.24) is 4.98 Å². The van der Waals surface area contributed by atoms with E-state index in [-0.39, 0.29) is 0 Å². The maximum absolute atomic E-state index is 5.54. The Morgan fingerprint density at radius 3 is 3.23 bits per heavy atom. The molecular weight excluding hydrogens is 168 g/mol. The number of aromatic nitrogens is 1. The summed E-state index contributed by atoms with van der Waals surface area (Å²) in [5.41, 5.74) is 6.41. The van der Waals surface area contributed by atoms with Gasteiger partial charge in [-0.05, 0) is 12.8 Å². The highest BCUT2D eigenvalue weighted by Crippen LogP contribution is 2.27. The molecule has 1 unspecified atom stereocenters. The van der Waals surface area contributed by atoms with Crippen molar-refractivity contribution in [3.05, 3.63) is 17.8 Å². The zero-order valence-electron chi connectivity index (χ0n) is 7.53. The van der Waals surface area contributed by atoms with Gasteiger partial charge in [-0.25, -0.2) is 4.98 Å². The molecule has 4 nitrogen and oxygen atoms in total. The van der Waals surface area contributed by atoms with Crippen LogP contribution >= 0.6 is 0 Å². The SMILES string of the molecule is NCc1ncoc1C1CCCOC1. The number of hydrogen-bond donors (Lipinski definition) is 1. The second-order valence-electron chi connectivity index (χ2n) is 3.28. The molecule has 2 N–H and O–H groups in total. The highest BCUT2D eigenvalue weighted by molar-refractivity contribution is 5.12. The summed E-state index contributed by atoms with van der Waals surface area (Å²) in [4.78, 5) is 4.06. The fourth-order valence-corrected chi connectivity index (χ4v) is 1.71. The zero-order chi connectivity index (χ0) is 9.10. The number of ether oxygens (including phenoxy) is 1. The lowest BCUT2D eigenvalue weighted by molar-refractivity contribution is 0.0738. The van der Waals surface area contributed by atoms with Crippen LogP contribution in [0.5, 0.6) is 0 Å². The van der Waals surface area contributed by atoms with E-state index in [1.54, 1.807) is 0 Å². The third-order valence-electron chi connectivity index (χ3n) is 2.40. The molecule has 72 valence electrons. The van der Waals surface area contributed by atoms with Crippen molar-refractivity contribution < 1.29 is 9.15 Å². The number of oxazole rings is 1. The van der Waals surface area contributed by atoms with Gasteiger partial charge in [0.15, 0.2) is 6.39 Å². The maximum atomic E-state index is 5.54. The van der Waals surface area contributed by atoms with Gasteiger partial charge in [0.25, 0.3) is 0 Å². The minimum atomic E-state index is 0.356. The Kier molecular flexibility index (Phi) is 2.61. The van der Waals surface area contributed by atoms with Crippen molar-refractivity contribution in [1.29, 1.82) is 0 Å². The van der Waals surface area contributed by atoms with Gasteiger partial charge in [-0.2, -0.15) is 0 Å². The summed E-state index contributed by atoms with van der Waals surface area (Å²) in [5.74, 6) is 1.27. The van der Waals surface area contributed by atoms with Crippen LogP contribution in [0.15, 0.2) is 10.8 Å². The van der Waals surface area contributed by atoms with Gasteiger partial charge in [0.05, 0.1) is 12.3 Å². The first-order chi connectivity index (χ1) is 6.42. The van der Waals surface area contributed by atoms with E-state index in [4.69, 9.17) is 14.9 Å². The van der Waals surface area contributed by atoms with Crippen LogP contribution in [0.4, 0.5) is 0 Å². The van der Waals surface area contributed by atoms with Crippen LogP contribution in [-0.4, -0.2) is 18.2 Å².